The molecule has 3 aliphatic heterocycles. The van der Waals surface area contributed by atoms with Crippen LogP contribution in [0.1, 0.15) is 23.2 Å². The summed E-state index contributed by atoms with van der Waals surface area (Å²) < 4.78 is 14.7. The summed E-state index contributed by atoms with van der Waals surface area (Å²) in [5.41, 5.74) is 5.10. The molecule has 2 atom stereocenters. The summed E-state index contributed by atoms with van der Waals surface area (Å²) in [7, 11) is 0. The second kappa shape index (κ2) is 9.83. The molecule has 2 N–H and O–H groups in total. The lowest BCUT2D eigenvalue weighted by atomic mass is 9.87. The molecule has 202 valence electrons. The highest BCUT2D eigenvalue weighted by Crippen LogP contribution is 2.35. The van der Waals surface area contributed by atoms with E-state index in [-0.39, 0.29) is 5.82 Å². The lowest BCUT2D eigenvalue weighted by Gasteiger charge is -2.56. The number of halogens is 1. The van der Waals surface area contributed by atoms with Crippen molar-refractivity contribution in [3.8, 4) is 17.1 Å². The Hall–Kier alpha value is -4.64. The number of anilines is 3. The largest absolute Gasteiger partial charge is 0.353 e. The van der Waals surface area contributed by atoms with Gasteiger partial charge in [0, 0.05) is 61.4 Å². The molecule has 3 saturated heterocycles. The second-order valence-electron chi connectivity index (χ2n) is 10.6. The first-order valence-electron chi connectivity index (χ1n) is 13.4. The monoisotopic (exact) mass is 536 g/mol. The fourth-order valence-electron chi connectivity index (χ4n) is 5.63. The fraction of sp³-hybridized carbons (Fsp3) is 0.276. The highest BCUT2D eigenvalue weighted by atomic mass is 19.1. The third-order valence-electron chi connectivity index (χ3n) is 7.60. The summed E-state index contributed by atoms with van der Waals surface area (Å²) in [5, 5.41) is 14.4. The Labute approximate surface area is 230 Å². The number of nitrogens with one attached hydrogen (secondary N) is 2. The van der Waals surface area contributed by atoms with Crippen LogP contribution in [-0.4, -0.2) is 65.0 Å². The minimum absolute atomic E-state index is 0.373. The van der Waals surface area contributed by atoms with E-state index in [1.165, 1.54) is 23.5 Å². The van der Waals surface area contributed by atoms with Gasteiger partial charge in [0.2, 0.25) is 0 Å². The Balaban J connectivity index is 0.991. The van der Waals surface area contributed by atoms with Crippen LogP contribution in [0.3, 0.4) is 0 Å². The van der Waals surface area contributed by atoms with Crippen molar-refractivity contribution in [2.24, 2.45) is 0 Å². The van der Waals surface area contributed by atoms with Crippen molar-refractivity contribution >= 4 is 17.5 Å². The quantitative estimate of drug-likeness (QED) is 0.315. The molecule has 5 aromatic heterocycles. The zero-order valence-electron chi connectivity index (χ0n) is 22.3. The van der Waals surface area contributed by atoms with Gasteiger partial charge in [-0.1, -0.05) is 6.07 Å². The van der Waals surface area contributed by atoms with Crippen LogP contribution in [0, 0.1) is 19.7 Å². The van der Waals surface area contributed by atoms with Gasteiger partial charge < -0.3 is 10.2 Å². The van der Waals surface area contributed by atoms with Crippen LogP contribution in [0.15, 0.2) is 67.3 Å². The van der Waals surface area contributed by atoms with Crippen LogP contribution in [0.25, 0.3) is 17.1 Å². The summed E-state index contributed by atoms with van der Waals surface area (Å²) in [6.07, 6.45) is 7.48. The number of piperidine rings is 1. The first kappa shape index (κ1) is 24.4. The van der Waals surface area contributed by atoms with E-state index in [1.807, 2.05) is 43.6 Å². The number of aromatic amines is 1. The molecule has 3 aliphatic rings. The Morgan fingerprint density at radius 3 is 2.45 bits per heavy atom. The molecular weight excluding hydrogens is 507 g/mol. The maximum atomic E-state index is 13.3. The Bertz CT molecular complexity index is 1630. The first-order chi connectivity index (χ1) is 19.5. The van der Waals surface area contributed by atoms with Gasteiger partial charge in [-0.3, -0.25) is 10.00 Å². The Kier molecular flexibility index (Phi) is 6.00. The molecule has 5 aromatic rings. The van der Waals surface area contributed by atoms with Crippen LogP contribution in [0.2, 0.25) is 0 Å². The van der Waals surface area contributed by atoms with Gasteiger partial charge in [0.15, 0.2) is 17.5 Å². The molecule has 0 aromatic carbocycles. The average Bonchev–Trinajstić information content (AvgIpc) is 3.59. The van der Waals surface area contributed by atoms with E-state index in [2.05, 4.69) is 60.5 Å². The number of aromatic nitrogens is 7. The molecule has 0 amide bonds. The molecule has 2 unspecified atom stereocenters. The molecule has 8 heterocycles. The van der Waals surface area contributed by atoms with Gasteiger partial charge >= 0.3 is 0 Å². The maximum absolute atomic E-state index is 13.3. The van der Waals surface area contributed by atoms with Crippen LogP contribution < -0.4 is 10.2 Å². The van der Waals surface area contributed by atoms with Crippen molar-refractivity contribution in [3.05, 3.63) is 89.9 Å². The highest BCUT2D eigenvalue weighted by molar-refractivity contribution is 5.65. The van der Waals surface area contributed by atoms with Gasteiger partial charge in [-0.15, -0.1) is 0 Å². The summed E-state index contributed by atoms with van der Waals surface area (Å²) in [4.78, 5) is 19.0. The molecule has 10 nitrogen and oxygen atoms in total. The number of aryl methyl sites for hydroxylation is 2. The molecule has 2 bridgehead atoms. The smallest absolute Gasteiger partial charge is 0.161 e. The number of hydrogen-bond donors (Lipinski definition) is 2. The zero-order chi connectivity index (χ0) is 27.2. The number of fused-ring (bicyclic) bond motifs is 2. The summed E-state index contributed by atoms with van der Waals surface area (Å²) in [6.45, 7) is 6.77. The van der Waals surface area contributed by atoms with Crippen molar-refractivity contribution in [2.75, 3.05) is 23.3 Å². The molecular formula is C29H29FN10. The number of hydrogen-bond acceptors (Lipinski definition) is 8. The van der Waals surface area contributed by atoms with Crippen LogP contribution in [-0.2, 0) is 6.54 Å². The number of nitrogens with zero attached hydrogens (tertiary/aromatic N) is 8. The summed E-state index contributed by atoms with van der Waals surface area (Å²) >= 11 is 0. The second-order valence-corrected chi connectivity index (χ2v) is 10.6. The lowest BCUT2D eigenvalue weighted by Crippen LogP contribution is -2.68. The molecule has 0 aliphatic carbocycles. The molecule has 40 heavy (non-hydrogen) atoms. The number of pyridine rings is 3. The van der Waals surface area contributed by atoms with E-state index in [0.29, 0.717) is 17.9 Å². The minimum Gasteiger partial charge on any atom is -0.353 e. The Morgan fingerprint density at radius 2 is 1.77 bits per heavy atom. The SMILES string of the molecule is Cc1cc(Nc2cc(C)[nH]n2)nc(-c2ccc(N3CC4CC(C3)N4Cc3ccc(-n4cc(F)cn4)nc3)nc2)c1. The van der Waals surface area contributed by atoms with Crippen LogP contribution in [0.4, 0.5) is 21.8 Å². The normalized spacial score (nSPS) is 18.5. The molecule has 0 radical (unpaired) electrons. The van der Waals surface area contributed by atoms with E-state index < -0.39 is 0 Å². The molecule has 0 saturated carbocycles. The standard InChI is InChI=1S/C29H29FN10/c1-18-7-25(34-26(8-18)35-27-9-19(2)36-37-27)21-4-6-28(32-12-21)38-16-23-10-24(17-38)39(23)14-20-3-5-29(31-11-20)40-15-22(30)13-33-40/h3-9,11-13,15,23-24H,10,14,16-17H2,1-2H3,(H2,34,35,36,37). The highest BCUT2D eigenvalue weighted by Gasteiger charge is 2.44. The van der Waals surface area contributed by atoms with E-state index >= 15 is 0 Å². The predicted octanol–water partition coefficient (Wildman–Crippen LogP) is 4.41. The van der Waals surface area contributed by atoms with E-state index in [1.54, 1.807) is 0 Å². The van der Waals surface area contributed by atoms with Gasteiger partial charge in [-0.25, -0.2) is 24.0 Å². The van der Waals surface area contributed by atoms with Gasteiger partial charge in [0.1, 0.15) is 11.6 Å². The van der Waals surface area contributed by atoms with E-state index in [4.69, 9.17) is 9.97 Å². The molecule has 0 spiro atoms. The van der Waals surface area contributed by atoms with Crippen molar-refractivity contribution in [1.29, 1.82) is 0 Å². The maximum Gasteiger partial charge on any atom is 0.161 e. The molecule has 8 rings (SSSR count). The summed E-state index contributed by atoms with van der Waals surface area (Å²) in [5.74, 6) is 2.73. The number of rotatable bonds is 7. The molecule has 3 fully saturated rings. The zero-order valence-corrected chi connectivity index (χ0v) is 22.3. The van der Waals surface area contributed by atoms with Gasteiger partial charge in [0.05, 0.1) is 18.1 Å². The van der Waals surface area contributed by atoms with Crippen LogP contribution in [0.5, 0.6) is 0 Å². The third-order valence-corrected chi connectivity index (χ3v) is 7.60. The van der Waals surface area contributed by atoms with E-state index in [0.717, 1.165) is 65.2 Å². The van der Waals surface area contributed by atoms with Crippen molar-refractivity contribution in [1.82, 2.24) is 39.8 Å². The topological polar surface area (TPSA) is 104 Å². The van der Waals surface area contributed by atoms with Crippen LogP contribution >= 0.6 is 0 Å². The fourth-order valence-corrected chi connectivity index (χ4v) is 5.63. The Morgan fingerprint density at radius 1 is 0.950 bits per heavy atom. The average molecular weight is 537 g/mol. The van der Waals surface area contributed by atoms with Crippen molar-refractivity contribution in [3.63, 3.8) is 0 Å². The lowest BCUT2D eigenvalue weighted by molar-refractivity contribution is -0.00875. The van der Waals surface area contributed by atoms with Crippen molar-refractivity contribution < 1.29 is 4.39 Å². The number of piperazine rings is 1. The molecule has 11 heteroatoms. The van der Waals surface area contributed by atoms with Gasteiger partial charge in [0.25, 0.3) is 0 Å². The summed E-state index contributed by atoms with van der Waals surface area (Å²) in [6, 6.07) is 15.1. The predicted molar refractivity (Wildman–Crippen MR) is 150 cm³/mol. The first-order valence-corrected chi connectivity index (χ1v) is 13.4. The van der Waals surface area contributed by atoms with Gasteiger partial charge in [-0.05, 0) is 61.7 Å². The van der Waals surface area contributed by atoms with Gasteiger partial charge in [-0.2, -0.15) is 10.2 Å². The number of H-pyrrole nitrogens is 1. The van der Waals surface area contributed by atoms with Crippen molar-refractivity contribution in [2.45, 2.75) is 38.9 Å². The van der Waals surface area contributed by atoms with E-state index in [9.17, 15) is 4.39 Å². The minimum atomic E-state index is -0.373. The third kappa shape index (κ3) is 4.79.